The highest BCUT2D eigenvalue weighted by Gasteiger charge is 2.12. The third kappa shape index (κ3) is 1.73. The van der Waals surface area contributed by atoms with Crippen LogP contribution >= 0.6 is 0 Å². The average Bonchev–Trinajstić information content (AvgIpc) is 2.74. The summed E-state index contributed by atoms with van der Waals surface area (Å²) in [5, 5.41) is 4.05. The predicted molar refractivity (Wildman–Crippen MR) is 60.2 cm³/mol. The number of hydrogen-bond donors (Lipinski definition) is 1. The highest BCUT2D eigenvalue weighted by atomic mass is 15.3. The molecule has 6 heteroatoms. The van der Waals surface area contributed by atoms with E-state index in [1.807, 2.05) is 20.8 Å². The Bertz CT molecular complexity index is 488. The van der Waals surface area contributed by atoms with E-state index in [1.54, 1.807) is 11.0 Å². The normalized spacial score (nSPS) is 11.0. The topological polar surface area (TPSA) is 82.5 Å². The first-order chi connectivity index (χ1) is 7.59. The van der Waals surface area contributed by atoms with Gasteiger partial charge >= 0.3 is 0 Å². The van der Waals surface area contributed by atoms with Crippen LogP contribution < -0.4 is 5.73 Å². The van der Waals surface area contributed by atoms with Crippen molar-refractivity contribution in [2.24, 2.45) is 0 Å². The van der Waals surface area contributed by atoms with Crippen LogP contribution in [0.15, 0.2) is 12.7 Å². The molecule has 84 valence electrons. The standard InChI is InChI=1S/C10H14N6/c1-6(2)9-14-8(11)7(3)10(15-9)16-5-12-4-13-16/h4-6H,1-3H3,(H2,11,14,15). The van der Waals surface area contributed by atoms with Gasteiger partial charge in [0.05, 0.1) is 0 Å². The van der Waals surface area contributed by atoms with Crippen molar-refractivity contribution >= 4 is 5.82 Å². The summed E-state index contributed by atoms with van der Waals surface area (Å²) in [6.07, 6.45) is 3.06. The Balaban J connectivity index is 2.60. The molecule has 2 aromatic heterocycles. The van der Waals surface area contributed by atoms with E-state index in [0.717, 1.165) is 5.56 Å². The minimum absolute atomic E-state index is 0.227. The molecule has 0 saturated carbocycles. The number of nitrogen functional groups attached to an aromatic ring is 1. The van der Waals surface area contributed by atoms with E-state index in [0.29, 0.717) is 17.5 Å². The van der Waals surface area contributed by atoms with E-state index in [2.05, 4.69) is 20.1 Å². The summed E-state index contributed by atoms with van der Waals surface area (Å²) in [6, 6.07) is 0. The first-order valence-electron chi connectivity index (χ1n) is 5.08. The van der Waals surface area contributed by atoms with Gasteiger partial charge in [-0.15, -0.1) is 0 Å². The molecule has 0 aromatic carbocycles. The lowest BCUT2D eigenvalue weighted by atomic mass is 10.2. The largest absolute Gasteiger partial charge is 0.383 e. The molecule has 2 N–H and O–H groups in total. The number of hydrogen-bond acceptors (Lipinski definition) is 5. The van der Waals surface area contributed by atoms with Crippen LogP contribution in [0, 0.1) is 6.92 Å². The fraction of sp³-hybridized carbons (Fsp3) is 0.400. The monoisotopic (exact) mass is 218 g/mol. The summed E-state index contributed by atoms with van der Waals surface area (Å²) in [5.41, 5.74) is 6.67. The summed E-state index contributed by atoms with van der Waals surface area (Å²) in [4.78, 5) is 12.6. The number of rotatable bonds is 2. The van der Waals surface area contributed by atoms with Crippen LogP contribution in [0.2, 0.25) is 0 Å². The molecule has 0 spiro atoms. The third-order valence-electron chi connectivity index (χ3n) is 2.33. The number of anilines is 1. The highest BCUT2D eigenvalue weighted by molar-refractivity contribution is 5.47. The molecule has 0 atom stereocenters. The Morgan fingerprint density at radius 3 is 2.62 bits per heavy atom. The Kier molecular flexibility index (Phi) is 2.55. The van der Waals surface area contributed by atoms with Gasteiger partial charge in [0.25, 0.3) is 0 Å². The Hall–Kier alpha value is -1.98. The van der Waals surface area contributed by atoms with Crippen LogP contribution in [-0.4, -0.2) is 24.7 Å². The lowest BCUT2D eigenvalue weighted by Crippen LogP contribution is -2.10. The van der Waals surface area contributed by atoms with E-state index in [1.165, 1.54) is 6.33 Å². The van der Waals surface area contributed by atoms with Gasteiger partial charge in [-0.2, -0.15) is 5.10 Å². The average molecular weight is 218 g/mol. The van der Waals surface area contributed by atoms with Crippen molar-refractivity contribution in [2.45, 2.75) is 26.7 Å². The van der Waals surface area contributed by atoms with Gasteiger partial charge in [0.15, 0.2) is 5.82 Å². The maximum Gasteiger partial charge on any atom is 0.163 e. The number of aromatic nitrogens is 5. The van der Waals surface area contributed by atoms with Crippen LogP contribution in [0.1, 0.15) is 31.2 Å². The fourth-order valence-electron chi connectivity index (χ4n) is 1.34. The second-order valence-corrected chi connectivity index (χ2v) is 3.91. The van der Waals surface area contributed by atoms with Gasteiger partial charge < -0.3 is 5.73 Å². The van der Waals surface area contributed by atoms with Crippen LogP contribution in [0.25, 0.3) is 5.82 Å². The predicted octanol–water partition coefficient (Wildman–Crippen LogP) is 1.07. The molecule has 2 aromatic rings. The van der Waals surface area contributed by atoms with E-state index >= 15 is 0 Å². The quantitative estimate of drug-likeness (QED) is 0.815. The third-order valence-corrected chi connectivity index (χ3v) is 2.33. The zero-order valence-corrected chi connectivity index (χ0v) is 9.55. The smallest absolute Gasteiger partial charge is 0.163 e. The van der Waals surface area contributed by atoms with Gasteiger partial charge in [0.2, 0.25) is 0 Å². The lowest BCUT2D eigenvalue weighted by Gasteiger charge is -2.10. The minimum Gasteiger partial charge on any atom is -0.383 e. The van der Waals surface area contributed by atoms with Crippen molar-refractivity contribution in [3.63, 3.8) is 0 Å². The molecule has 2 heterocycles. The van der Waals surface area contributed by atoms with Gasteiger partial charge in [-0.1, -0.05) is 13.8 Å². The Morgan fingerprint density at radius 2 is 2.06 bits per heavy atom. The van der Waals surface area contributed by atoms with Crippen LogP contribution in [0.5, 0.6) is 0 Å². The molecule has 0 radical (unpaired) electrons. The molecule has 2 rings (SSSR count). The van der Waals surface area contributed by atoms with Crippen molar-refractivity contribution in [1.29, 1.82) is 0 Å². The lowest BCUT2D eigenvalue weighted by molar-refractivity contribution is 0.742. The van der Waals surface area contributed by atoms with E-state index in [-0.39, 0.29) is 5.92 Å². The molecule has 0 aliphatic carbocycles. The molecule has 0 amide bonds. The first kappa shape index (κ1) is 10.5. The van der Waals surface area contributed by atoms with Gasteiger partial charge in [0.1, 0.15) is 24.3 Å². The summed E-state index contributed by atoms with van der Waals surface area (Å²) >= 11 is 0. The van der Waals surface area contributed by atoms with Gasteiger partial charge in [-0.05, 0) is 6.92 Å². The molecular weight excluding hydrogens is 204 g/mol. The van der Waals surface area contributed by atoms with Crippen molar-refractivity contribution in [1.82, 2.24) is 24.7 Å². The maximum atomic E-state index is 5.85. The molecule has 0 unspecified atom stereocenters. The SMILES string of the molecule is Cc1c(N)nc(C(C)C)nc1-n1cncn1. The highest BCUT2D eigenvalue weighted by Crippen LogP contribution is 2.19. The molecule has 16 heavy (non-hydrogen) atoms. The molecule has 0 aliphatic rings. The second kappa shape index (κ2) is 3.88. The van der Waals surface area contributed by atoms with Gasteiger partial charge in [0, 0.05) is 11.5 Å². The van der Waals surface area contributed by atoms with E-state index in [9.17, 15) is 0 Å². The van der Waals surface area contributed by atoms with Crippen molar-refractivity contribution in [2.75, 3.05) is 5.73 Å². The molecule has 0 bridgehead atoms. The maximum absolute atomic E-state index is 5.85. The molecule has 6 nitrogen and oxygen atoms in total. The van der Waals surface area contributed by atoms with E-state index < -0.39 is 0 Å². The Labute approximate surface area is 93.6 Å². The van der Waals surface area contributed by atoms with Crippen molar-refractivity contribution in [3.05, 3.63) is 24.0 Å². The summed E-state index contributed by atoms with van der Waals surface area (Å²) in [7, 11) is 0. The van der Waals surface area contributed by atoms with Crippen LogP contribution in [-0.2, 0) is 0 Å². The summed E-state index contributed by atoms with van der Waals surface area (Å²) in [6.45, 7) is 5.92. The minimum atomic E-state index is 0.227. The van der Waals surface area contributed by atoms with Crippen LogP contribution in [0.4, 0.5) is 5.82 Å². The fourth-order valence-corrected chi connectivity index (χ4v) is 1.34. The molecular formula is C10H14N6. The zero-order chi connectivity index (χ0) is 11.7. The van der Waals surface area contributed by atoms with Crippen molar-refractivity contribution < 1.29 is 0 Å². The summed E-state index contributed by atoms with van der Waals surface area (Å²) in [5.74, 6) is 2.12. The molecule has 0 fully saturated rings. The van der Waals surface area contributed by atoms with Gasteiger partial charge in [-0.25, -0.2) is 19.6 Å². The molecule has 0 saturated heterocycles. The molecule has 0 aliphatic heterocycles. The number of nitrogens with zero attached hydrogens (tertiary/aromatic N) is 5. The zero-order valence-electron chi connectivity index (χ0n) is 9.55. The van der Waals surface area contributed by atoms with Crippen molar-refractivity contribution in [3.8, 4) is 5.82 Å². The van der Waals surface area contributed by atoms with E-state index in [4.69, 9.17) is 5.73 Å². The Morgan fingerprint density at radius 1 is 1.31 bits per heavy atom. The van der Waals surface area contributed by atoms with Gasteiger partial charge in [-0.3, -0.25) is 0 Å². The van der Waals surface area contributed by atoms with Crippen LogP contribution in [0.3, 0.4) is 0 Å². The number of nitrogens with two attached hydrogens (primary N) is 1. The summed E-state index contributed by atoms with van der Waals surface area (Å²) < 4.78 is 1.60. The second-order valence-electron chi connectivity index (χ2n) is 3.91. The first-order valence-corrected chi connectivity index (χ1v) is 5.08.